The Morgan fingerprint density at radius 3 is 1.30 bits per heavy atom. The van der Waals surface area contributed by atoms with Crippen LogP contribution in [0.5, 0.6) is 0 Å². The molecular formula is C18H22OP. The van der Waals surface area contributed by atoms with Gasteiger partial charge in [-0.15, -0.1) is 0 Å². The van der Waals surface area contributed by atoms with E-state index in [-0.39, 0.29) is 0 Å². The Hall–Kier alpha value is -1.33. The van der Waals surface area contributed by atoms with Crippen molar-refractivity contribution >= 4 is 17.8 Å². The summed E-state index contributed by atoms with van der Waals surface area (Å²) in [4.78, 5) is 0. The molecule has 1 nitrogen and oxygen atoms in total. The van der Waals surface area contributed by atoms with Crippen LogP contribution >= 0.6 is 7.14 Å². The molecule has 0 aliphatic heterocycles. The van der Waals surface area contributed by atoms with Gasteiger partial charge in [-0.25, -0.2) is 0 Å². The van der Waals surface area contributed by atoms with Crippen molar-refractivity contribution in [3.05, 3.63) is 65.6 Å². The van der Waals surface area contributed by atoms with Crippen molar-refractivity contribution in [3.63, 3.8) is 0 Å². The van der Waals surface area contributed by atoms with Gasteiger partial charge in [0.05, 0.1) is 0 Å². The van der Waals surface area contributed by atoms with Crippen LogP contribution in [0.15, 0.2) is 36.4 Å². The van der Waals surface area contributed by atoms with E-state index in [1.165, 1.54) is 0 Å². The number of aryl methyl sites for hydroxylation is 4. The number of benzene rings is 2. The fourth-order valence-electron chi connectivity index (χ4n) is 2.73. The van der Waals surface area contributed by atoms with Gasteiger partial charge in [-0.2, -0.15) is 0 Å². The maximum absolute atomic E-state index is 13.5. The van der Waals surface area contributed by atoms with E-state index >= 15 is 0 Å². The molecule has 0 fully saturated rings. The molecule has 1 radical (unpaired) electrons. The van der Waals surface area contributed by atoms with Gasteiger partial charge in [0.15, 0.2) is 0 Å². The summed E-state index contributed by atoms with van der Waals surface area (Å²) in [6.07, 6.45) is 0.415. The standard InChI is InChI=1S/C18H22OP/c1-6-20(19,17-9-13(2)7-14(3)10-17)18-11-15(4)8-16(5)12-18/h7-12H,1,6H2,2-5H3. The van der Waals surface area contributed by atoms with E-state index < -0.39 is 7.14 Å². The van der Waals surface area contributed by atoms with Gasteiger partial charge in [-0.3, -0.25) is 0 Å². The van der Waals surface area contributed by atoms with Crippen LogP contribution in [-0.4, -0.2) is 6.16 Å². The second-order valence-electron chi connectivity index (χ2n) is 5.66. The molecule has 0 aliphatic carbocycles. The third-order valence-electron chi connectivity index (χ3n) is 3.56. The summed E-state index contributed by atoms with van der Waals surface area (Å²) in [7, 11) is -2.62. The quantitative estimate of drug-likeness (QED) is 0.777. The van der Waals surface area contributed by atoms with Crippen molar-refractivity contribution < 1.29 is 4.57 Å². The summed E-state index contributed by atoms with van der Waals surface area (Å²) >= 11 is 0. The summed E-state index contributed by atoms with van der Waals surface area (Å²) in [5.74, 6) is 0. The summed E-state index contributed by atoms with van der Waals surface area (Å²) in [6.45, 7) is 12.2. The van der Waals surface area contributed by atoms with Crippen LogP contribution in [0.3, 0.4) is 0 Å². The van der Waals surface area contributed by atoms with Crippen molar-refractivity contribution in [2.45, 2.75) is 27.7 Å². The number of hydrogen-bond donors (Lipinski definition) is 0. The lowest BCUT2D eigenvalue weighted by Gasteiger charge is -2.19. The van der Waals surface area contributed by atoms with Gasteiger partial charge in [-0.1, -0.05) is 34.4 Å². The molecule has 0 aliphatic rings. The molecule has 105 valence electrons. The molecule has 0 unspecified atom stereocenters. The van der Waals surface area contributed by atoms with Crippen LogP contribution in [-0.2, 0) is 4.57 Å². The molecule has 0 amide bonds. The largest absolute Gasteiger partial charge is 0.314 e. The van der Waals surface area contributed by atoms with Crippen LogP contribution < -0.4 is 10.6 Å². The zero-order valence-electron chi connectivity index (χ0n) is 12.7. The molecule has 2 aromatic carbocycles. The van der Waals surface area contributed by atoms with Gasteiger partial charge >= 0.3 is 0 Å². The van der Waals surface area contributed by atoms with Gasteiger partial charge in [0.1, 0.15) is 7.14 Å². The van der Waals surface area contributed by atoms with Crippen molar-refractivity contribution in [2.75, 3.05) is 6.16 Å². The molecule has 0 aromatic heterocycles. The van der Waals surface area contributed by atoms with E-state index in [9.17, 15) is 4.57 Å². The average molecular weight is 285 g/mol. The maximum atomic E-state index is 13.5. The molecule has 2 aromatic rings. The molecule has 2 heteroatoms. The minimum absolute atomic E-state index is 0.415. The fourth-order valence-corrected chi connectivity index (χ4v) is 5.19. The van der Waals surface area contributed by atoms with E-state index in [1.54, 1.807) is 0 Å². The SMILES string of the molecule is [CH2]CP(=O)(c1cc(C)cc(C)c1)c1cc(C)cc(C)c1. The van der Waals surface area contributed by atoms with E-state index in [1.807, 2.05) is 52.0 Å². The Morgan fingerprint density at radius 2 is 1.05 bits per heavy atom. The first-order valence-electron chi connectivity index (χ1n) is 6.91. The van der Waals surface area contributed by atoms with Gasteiger partial charge in [0.25, 0.3) is 0 Å². The van der Waals surface area contributed by atoms with Crippen LogP contribution in [0.1, 0.15) is 22.3 Å². The maximum Gasteiger partial charge on any atom is 0.143 e. The number of rotatable bonds is 3. The molecule has 0 saturated carbocycles. The lowest BCUT2D eigenvalue weighted by molar-refractivity contribution is 0.588. The van der Waals surface area contributed by atoms with Crippen LogP contribution in [0.25, 0.3) is 0 Å². The highest BCUT2D eigenvalue weighted by Crippen LogP contribution is 2.43. The van der Waals surface area contributed by atoms with Crippen molar-refractivity contribution in [2.24, 2.45) is 0 Å². The third-order valence-corrected chi connectivity index (χ3v) is 6.38. The molecule has 0 N–H and O–H groups in total. The molecule has 0 spiro atoms. The highest BCUT2D eigenvalue weighted by atomic mass is 31.2. The van der Waals surface area contributed by atoms with Crippen molar-refractivity contribution in [1.82, 2.24) is 0 Å². The fraction of sp³-hybridized carbons (Fsp3) is 0.278. The molecular weight excluding hydrogens is 263 g/mol. The summed E-state index contributed by atoms with van der Waals surface area (Å²) in [6, 6.07) is 12.4. The van der Waals surface area contributed by atoms with E-state index in [2.05, 4.69) is 19.1 Å². The second kappa shape index (κ2) is 5.58. The summed E-state index contributed by atoms with van der Waals surface area (Å²) < 4.78 is 13.5. The van der Waals surface area contributed by atoms with Crippen LogP contribution in [0.4, 0.5) is 0 Å². The Labute approximate surface area is 122 Å². The lowest BCUT2D eigenvalue weighted by Crippen LogP contribution is -2.19. The second-order valence-corrected chi connectivity index (χ2v) is 8.61. The predicted octanol–water partition coefficient (Wildman–Crippen LogP) is 4.07. The van der Waals surface area contributed by atoms with E-state index in [0.29, 0.717) is 6.16 Å². The Bertz CT molecular complexity index is 590. The van der Waals surface area contributed by atoms with Gasteiger partial charge in [-0.05, 0) is 58.9 Å². The molecule has 0 bridgehead atoms. The topological polar surface area (TPSA) is 17.1 Å². The normalized spacial score (nSPS) is 11.7. The zero-order chi connectivity index (χ0) is 14.9. The highest BCUT2D eigenvalue weighted by molar-refractivity contribution is 7.78. The Balaban J connectivity index is 2.66. The smallest absolute Gasteiger partial charge is 0.143 e. The zero-order valence-corrected chi connectivity index (χ0v) is 13.6. The third kappa shape index (κ3) is 2.88. The lowest BCUT2D eigenvalue weighted by atomic mass is 10.2. The molecule has 0 heterocycles. The monoisotopic (exact) mass is 285 g/mol. The molecule has 2 rings (SSSR count). The van der Waals surface area contributed by atoms with Crippen LogP contribution in [0, 0.1) is 34.6 Å². The first-order chi connectivity index (χ1) is 9.35. The van der Waals surface area contributed by atoms with E-state index in [0.717, 1.165) is 32.9 Å². The van der Waals surface area contributed by atoms with Crippen molar-refractivity contribution in [3.8, 4) is 0 Å². The average Bonchev–Trinajstić information content (AvgIpc) is 2.35. The highest BCUT2D eigenvalue weighted by Gasteiger charge is 2.26. The van der Waals surface area contributed by atoms with Crippen LogP contribution in [0.2, 0.25) is 0 Å². The minimum atomic E-state index is -2.62. The molecule has 0 atom stereocenters. The predicted molar refractivity (Wildman–Crippen MR) is 88.9 cm³/mol. The molecule has 0 saturated heterocycles. The number of hydrogen-bond acceptors (Lipinski definition) is 1. The van der Waals surface area contributed by atoms with Gasteiger partial charge < -0.3 is 4.57 Å². The first kappa shape index (κ1) is 15.1. The van der Waals surface area contributed by atoms with E-state index in [4.69, 9.17) is 0 Å². The Morgan fingerprint density at radius 1 is 0.750 bits per heavy atom. The Kier molecular flexibility index (Phi) is 4.20. The first-order valence-corrected chi connectivity index (χ1v) is 8.80. The molecule has 20 heavy (non-hydrogen) atoms. The minimum Gasteiger partial charge on any atom is -0.314 e. The van der Waals surface area contributed by atoms with Gasteiger partial charge in [0, 0.05) is 16.8 Å². The summed E-state index contributed by atoms with van der Waals surface area (Å²) in [5.41, 5.74) is 4.60. The summed E-state index contributed by atoms with van der Waals surface area (Å²) in [5, 5.41) is 1.85. The van der Waals surface area contributed by atoms with Gasteiger partial charge in [0.2, 0.25) is 0 Å². The van der Waals surface area contributed by atoms with Crippen molar-refractivity contribution in [1.29, 1.82) is 0 Å².